The van der Waals surface area contributed by atoms with Crippen LogP contribution in [0.2, 0.25) is 0 Å². The molecule has 2 aromatic heterocycles. The fraction of sp³-hybridized carbons (Fsp3) is 0.231. The Labute approximate surface area is 115 Å². The molecule has 0 saturated heterocycles. The van der Waals surface area contributed by atoms with Crippen LogP contribution in [0.15, 0.2) is 29.5 Å². The summed E-state index contributed by atoms with van der Waals surface area (Å²) in [7, 11) is 0. The van der Waals surface area contributed by atoms with E-state index in [1.54, 1.807) is 16.8 Å². The van der Waals surface area contributed by atoms with Gasteiger partial charge in [-0.1, -0.05) is 0 Å². The molecule has 2 heterocycles. The molecule has 2 aromatic rings. The van der Waals surface area contributed by atoms with Crippen LogP contribution in [0.1, 0.15) is 17.8 Å². The maximum Gasteiger partial charge on any atom is 0.250 e. The highest BCUT2D eigenvalue weighted by atomic mass is 16.1. The Hall–Kier alpha value is -3.06. The number of nitriles is 2. The summed E-state index contributed by atoms with van der Waals surface area (Å²) < 4.78 is 3.12. The minimum absolute atomic E-state index is 0.119. The zero-order valence-electron chi connectivity index (χ0n) is 10.7. The van der Waals surface area contributed by atoms with Crippen molar-refractivity contribution < 1.29 is 0 Å². The molecular formula is C13H12N6O. The van der Waals surface area contributed by atoms with Crippen LogP contribution in [0.5, 0.6) is 0 Å². The number of imidazole rings is 1. The highest BCUT2D eigenvalue weighted by Gasteiger charge is 2.09. The van der Waals surface area contributed by atoms with Crippen LogP contribution in [-0.2, 0) is 13.1 Å². The number of pyridine rings is 1. The van der Waals surface area contributed by atoms with Crippen molar-refractivity contribution in [3.8, 4) is 12.1 Å². The van der Waals surface area contributed by atoms with Gasteiger partial charge in [-0.15, -0.1) is 0 Å². The van der Waals surface area contributed by atoms with E-state index in [1.165, 1.54) is 17.0 Å². The summed E-state index contributed by atoms with van der Waals surface area (Å²) in [5.74, 6) is 0. The maximum absolute atomic E-state index is 11.6. The molecule has 0 saturated carbocycles. The normalized spacial score (nSPS) is 9.90. The Kier molecular flexibility index (Phi) is 3.82. The number of nitrogen functional groups attached to an aromatic ring is 1. The fourth-order valence-corrected chi connectivity index (χ4v) is 1.89. The summed E-state index contributed by atoms with van der Waals surface area (Å²) in [5.41, 5.74) is 6.39. The number of nitrogens with zero attached hydrogens (tertiary/aromatic N) is 5. The second-order valence-electron chi connectivity index (χ2n) is 4.21. The van der Waals surface area contributed by atoms with Crippen LogP contribution in [0.25, 0.3) is 0 Å². The van der Waals surface area contributed by atoms with E-state index in [4.69, 9.17) is 16.3 Å². The van der Waals surface area contributed by atoms with Gasteiger partial charge in [0.2, 0.25) is 0 Å². The molecule has 0 fully saturated rings. The quantitative estimate of drug-likeness (QED) is 0.865. The molecule has 0 aromatic carbocycles. The van der Waals surface area contributed by atoms with Gasteiger partial charge in [-0.3, -0.25) is 4.79 Å². The average Bonchev–Trinajstić information content (AvgIpc) is 2.84. The molecule has 0 radical (unpaired) electrons. The summed E-state index contributed by atoms with van der Waals surface area (Å²) in [6, 6.07) is 6.79. The van der Waals surface area contributed by atoms with Gasteiger partial charge < -0.3 is 14.9 Å². The van der Waals surface area contributed by atoms with Crippen molar-refractivity contribution in [2.45, 2.75) is 19.5 Å². The van der Waals surface area contributed by atoms with Gasteiger partial charge >= 0.3 is 0 Å². The van der Waals surface area contributed by atoms with Crippen molar-refractivity contribution in [2.24, 2.45) is 0 Å². The van der Waals surface area contributed by atoms with E-state index in [1.807, 2.05) is 12.1 Å². The van der Waals surface area contributed by atoms with Crippen LogP contribution < -0.4 is 11.3 Å². The molecular weight excluding hydrogens is 256 g/mol. The van der Waals surface area contributed by atoms with Gasteiger partial charge in [0, 0.05) is 31.0 Å². The minimum atomic E-state index is -0.122. The molecule has 0 aliphatic heterocycles. The molecule has 0 bridgehead atoms. The van der Waals surface area contributed by atoms with Crippen molar-refractivity contribution in [1.82, 2.24) is 14.1 Å². The molecule has 0 atom stereocenters. The van der Waals surface area contributed by atoms with Gasteiger partial charge in [-0.25, -0.2) is 4.98 Å². The van der Waals surface area contributed by atoms with E-state index >= 15 is 0 Å². The van der Waals surface area contributed by atoms with Crippen molar-refractivity contribution in [3.05, 3.63) is 46.4 Å². The van der Waals surface area contributed by atoms with Crippen LogP contribution in [0.4, 0.5) is 5.69 Å². The second kappa shape index (κ2) is 5.72. The summed E-state index contributed by atoms with van der Waals surface area (Å²) >= 11 is 0. The number of aryl methyl sites for hydroxylation is 2. The summed E-state index contributed by atoms with van der Waals surface area (Å²) in [5, 5.41) is 17.8. The monoisotopic (exact) mass is 268 g/mol. The van der Waals surface area contributed by atoms with Crippen molar-refractivity contribution >= 4 is 5.69 Å². The maximum atomic E-state index is 11.6. The van der Waals surface area contributed by atoms with E-state index in [0.717, 1.165) is 0 Å². The lowest BCUT2D eigenvalue weighted by Crippen LogP contribution is -2.19. The van der Waals surface area contributed by atoms with Gasteiger partial charge in [0.05, 0.1) is 6.33 Å². The lowest BCUT2D eigenvalue weighted by molar-refractivity contribution is 0.551. The Morgan fingerprint density at radius 1 is 1.20 bits per heavy atom. The first-order valence-corrected chi connectivity index (χ1v) is 5.97. The lowest BCUT2D eigenvalue weighted by Gasteiger charge is -2.07. The molecule has 7 heteroatoms. The number of hydrogen-bond donors (Lipinski definition) is 1. The number of nitrogens with two attached hydrogens (primary N) is 1. The van der Waals surface area contributed by atoms with E-state index in [9.17, 15) is 4.79 Å². The van der Waals surface area contributed by atoms with E-state index in [-0.39, 0.29) is 16.9 Å². The summed E-state index contributed by atoms with van der Waals surface area (Å²) in [4.78, 5) is 15.4. The molecule has 0 unspecified atom stereocenters. The molecule has 0 spiro atoms. The topological polar surface area (TPSA) is 113 Å². The molecule has 20 heavy (non-hydrogen) atoms. The Bertz CT molecular complexity index is 758. The first-order valence-electron chi connectivity index (χ1n) is 5.97. The van der Waals surface area contributed by atoms with E-state index in [0.29, 0.717) is 25.2 Å². The number of aromatic nitrogens is 3. The molecule has 100 valence electrons. The van der Waals surface area contributed by atoms with Crippen LogP contribution in [0.3, 0.4) is 0 Å². The van der Waals surface area contributed by atoms with Crippen LogP contribution in [0, 0.1) is 22.7 Å². The molecule has 2 N–H and O–H groups in total. The zero-order chi connectivity index (χ0) is 14.5. The van der Waals surface area contributed by atoms with Crippen molar-refractivity contribution in [3.63, 3.8) is 0 Å². The molecule has 0 aliphatic rings. The first kappa shape index (κ1) is 13.4. The zero-order valence-corrected chi connectivity index (χ0v) is 10.7. The van der Waals surface area contributed by atoms with Gasteiger partial charge in [-0.2, -0.15) is 10.5 Å². The molecule has 0 amide bonds. The number of hydrogen-bond acceptors (Lipinski definition) is 5. The highest BCUT2D eigenvalue weighted by Crippen LogP contribution is 2.06. The average molecular weight is 268 g/mol. The van der Waals surface area contributed by atoms with E-state index in [2.05, 4.69) is 4.98 Å². The fourth-order valence-electron chi connectivity index (χ4n) is 1.89. The van der Waals surface area contributed by atoms with E-state index < -0.39 is 0 Å². The predicted molar refractivity (Wildman–Crippen MR) is 71.4 cm³/mol. The molecule has 2 rings (SSSR count). The van der Waals surface area contributed by atoms with Gasteiger partial charge in [0.1, 0.15) is 12.1 Å². The van der Waals surface area contributed by atoms with Crippen LogP contribution in [-0.4, -0.2) is 14.1 Å². The Morgan fingerprint density at radius 2 is 1.95 bits per heavy atom. The lowest BCUT2D eigenvalue weighted by atomic mass is 10.3. The molecule has 0 aliphatic carbocycles. The van der Waals surface area contributed by atoms with Gasteiger partial charge in [0.15, 0.2) is 11.4 Å². The Balaban J connectivity index is 2.06. The third-order valence-corrected chi connectivity index (χ3v) is 2.85. The van der Waals surface area contributed by atoms with Gasteiger partial charge in [-0.05, 0) is 12.5 Å². The third kappa shape index (κ3) is 2.68. The third-order valence-electron chi connectivity index (χ3n) is 2.85. The standard InChI is InChI=1S/C13H12N6O/c14-6-11-12(7-15)19(9-17-11)5-1-4-18-8-10(16)2-3-13(18)20/h2-3,8-9H,1,4-5,16H2. The largest absolute Gasteiger partial charge is 0.398 e. The summed E-state index contributed by atoms with van der Waals surface area (Å²) in [6.45, 7) is 0.980. The number of rotatable bonds is 4. The van der Waals surface area contributed by atoms with Crippen molar-refractivity contribution in [1.29, 1.82) is 10.5 Å². The SMILES string of the molecule is N#Cc1ncn(CCCn2cc(N)ccc2=O)c1C#N. The predicted octanol–water partition coefficient (Wildman–Crippen LogP) is 0.461. The summed E-state index contributed by atoms with van der Waals surface area (Å²) in [6.07, 6.45) is 3.67. The van der Waals surface area contributed by atoms with Crippen molar-refractivity contribution in [2.75, 3.05) is 5.73 Å². The second-order valence-corrected chi connectivity index (χ2v) is 4.21. The van der Waals surface area contributed by atoms with Gasteiger partial charge in [0.25, 0.3) is 5.56 Å². The van der Waals surface area contributed by atoms with Crippen LogP contribution >= 0.6 is 0 Å². The smallest absolute Gasteiger partial charge is 0.250 e. The first-order chi connectivity index (χ1) is 9.65. The highest BCUT2D eigenvalue weighted by molar-refractivity contribution is 5.36. The number of anilines is 1. The minimum Gasteiger partial charge on any atom is -0.398 e. The Morgan fingerprint density at radius 3 is 2.65 bits per heavy atom. The molecule has 7 nitrogen and oxygen atoms in total.